The number of hydrogen-bond donors (Lipinski definition) is 0. The molecule has 1 heterocycles. The molecular weight excluding hydrogens is 476 g/mol. The number of hydrogen-bond acceptors (Lipinski definition) is 2. The van der Waals surface area contributed by atoms with E-state index in [0.717, 1.165) is 23.7 Å². The van der Waals surface area contributed by atoms with Crippen molar-refractivity contribution in [2.24, 2.45) is 63.1 Å². The molecule has 5 aliphatic rings. The third kappa shape index (κ3) is 4.20. The average molecular weight is 545 g/mol. The molecule has 228 valence electrons. The first-order chi connectivity index (χ1) is 17.6. The van der Waals surface area contributed by atoms with Crippen molar-refractivity contribution in [3.63, 3.8) is 0 Å². The van der Waals surface area contributed by atoms with Gasteiger partial charge >= 0.3 is 0 Å². The van der Waals surface area contributed by atoms with Crippen LogP contribution in [0.25, 0.3) is 0 Å². The summed E-state index contributed by atoms with van der Waals surface area (Å²) in [6.45, 7) is 30.2. The van der Waals surface area contributed by atoms with Crippen molar-refractivity contribution in [3.05, 3.63) is 0 Å². The maximum Gasteiger partial charge on any atom is 0.0715 e. The van der Waals surface area contributed by atoms with Crippen molar-refractivity contribution in [1.29, 1.82) is 0 Å². The van der Waals surface area contributed by atoms with Gasteiger partial charge in [0.2, 0.25) is 0 Å². The van der Waals surface area contributed by atoms with E-state index in [1.54, 1.807) is 0 Å². The summed E-state index contributed by atoms with van der Waals surface area (Å²) in [6, 6.07) is 0. The van der Waals surface area contributed by atoms with Crippen molar-refractivity contribution in [2.75, 3.05) is 0 Å². The topological polar surface area (TPSA) is 18.5 Å². The van der Waals surface area contributed by atoms with Gasteiger partial charge in [0.1, 0.15) is 0 Å². The summed E-state index contributed by atoms with van der Waals surface area (Å²) < 4.78 is 13.8. The van der Waals surface area contributed by atoms with Crippen LogP contribution in [-0.4, -0.2) is 23.9 Å². The molecule has 5 fully saturated rings. The lowest BCUT2D eigenvalue weighted by atomic mass is 9.38. The standard InChI is InChI=1S/C36H64O2.CH4/c1-13-23(4)18-25(6)36(12)26(7)35(11)31(38-36)21-33(9)29-15-14-27-19-30(37-22(2)3)24(5)20-32(27,8)28(29)16-17-34(33,35)10;/h22-31H,13-21H2,1-12H3;1H4/t23?,24?,25?,26-,27?,28?,29?,30?,31?,32-,33?,34-,35?,36?;/m0./s1. The summed E-state index contributed by atoms with van der Waals surface area (Å²) in [6.07, 6.45) is 13.4. The Morgan fingerprint density at radius 2 is 1.56 bits per heavy atom. The van der Waals surface area contributed by atoms with Gasteiger partial charge in [-0.3, -0.25) is 0 Å². The SMILES string of the molecule is C.CCC(C)CC(C)C1(C)OC2CC3(C)C4CCC5CC(OC(C)C)C(C)C[C@]5(C)C4CC[C@]3(C)C2(C)[C@@H]1C. The lowest BCUT2D eigenvalue weighted by Gasteiger charge is -2.67. The second kappa shape index (κ2) is 10.3. The first kappa shape index (κ1) is 31.8. The zero-order valence-corrected chi connectivity index (χ0v) is 27.5. The Morgan fingerprint density at radius 3 is 2.18 bits per heavy atom. The molecule has 39 heavy (non-hydrogen) atoms. The summed E-state index contributed by atoms with van der Waals surface area (Å²) in [5.74, 6) is 5.22. The Bertz CT molecular complexity index is 883. The van der Waals surface area contributed by atoms with E-state index >= 15 is 0 Å². The Hall–Kier alpha value is -0.0800. The van der Waals surface area contributed by atoms with Crippen LogP contribution in [-0.2, 0) is 9.47 Å². The summed E-state index contributed by atoms with van der Waals surface area (Å²) in [4.78, 5) is 0. The van der Waals surface area contributed by atoms with Crippen molar-refractivity contribution in [2.45, 2.75) is 172 Å². The third-order valence-electron chi connectivity index (χ3n) is 15.5. The normalized spacial score (nSPS) is 54.2. The number of fused-ring (bicyclic) bond motifs is 7. The molecule has 0 aromatic rings. The van der Waals surface area contributed by atoms with Gasteiger partial charge in [-0.1, -0.05) is 76.2 Å². The molecule has 1 saturated heterocycles. The minimum absolute atomic E-state index is 0. The van der Waals surface area contributed by atoms with Crippen LogP contribution in [0.2, 0.25) is 0 Å². The van der Waals surface area contributed by atoms with Gasteiger partial charge in [0.15, 0.2) is 0 Å². The molecule has 0 aromatic heterocycles. The predicted octanol–water partition coefficient (Wildman–Crippen LogP) is 10.6. The van der Waals surface area contributed by atoms with Gasteiger partial charge < -0.3 is 9.47 Å². The highest BCUT2D eigenvalue weighted by Crippen LogP contribution is 2.80. The first-order valence-electron chi connectivity index (χ1n) is 16.9. The molecule has 0 amide bonds. The molecular formula is C37H68O2. The van der Waals surface area contributed by atoms with Gasteiger partial charge in [-0.15, -0.1) is 0 Å². The molecule has 0 spiro atoms. The molecule has 2 heteroatoms. The van der Waals surface area contributed by atoms with E-state index in [-0.39, 0.29) is 18.4 Å². The van der Waals surface area contributed by atoms with E-state index in [0.29, 0.717) is 52.3 Å². The molecule has 0 aromatic carbocycles. The van der Waals surface area contributed by atoms with Crippen LogP contribution >= 0.6 is 0 Å². The van der Waals surface area contributed by atoms with Crippen LogP contribution in [0, 0.1) is 63.1 Å². The Labute approximate surface area is 244 Å². The highest BCUT2D eigenvalue weighted by Gasteiger charge is 2.77. The van der Waals surface area contributed by atoms with Gasteiger partial charge in [-0.2, -0.15) is 0 Å². The van der Waals surface area contributed by atoms with Crippen LogP contribution in [0.5, 0.6) is 0 Å². The second-order valence-corrected chi connectivity index (χ2v) is 17.1. The van der Waals surface area contributed by atoms with E-state index in [1.807, 2.05) is 0 Å². The van der Waals surface area contributed by atoms with E-state index in [2.05, 4.69) is 83.1 Å². The fourth-order valence-corrected chi connectivity index (χ4v) is 12.4. The molecule has 0 radical (unpaired) electrons. The van der Waals surface area contributed by atoms with Gasteiger partial charge in [0, 0.05) is 5.41 Å². The Kier molecular flexibility index (Phi) is 8.39. The largest absolute Gasteiger partial charge is 0.375 e. The lowest BCUT2D eigenvalue weighted by molar-refractivity contribution is -0.197. The van der Waals surface area contributed by atoms with Crippen LogP contribution in [0.1, 0.15) is 148 Å². The van der Waals surface area contributed by atoms with Gasteiger partial charge in [-0.05, 0) is 130 Å². The fourth-order valence-electron chi connectivity index (χ4n) is 12.4. The van der Waals surface area contributed by atoms with E-state index in [1.165, 1.54) is 57.8 Å². The molecule has 0 bridgehead atoms. The Morgan fingerprint density at radius 1 is 0.897 bits per heavy atom. The van der Waals surface area contributed by atoms with Crippen molar-refractivity contribution < 1.29 is 9.47 Å². The Balaban J connectivity index is 0.00000353. The van der Waals surface area contributed by atoms with Crippen LogP contribution in [0.4, 0.5) is 0 Å². The summed E-state index contributed by atoms with van der Waals surface area (Å²) in [5, 5.41) is 0. The van der Waals surface area contributed by atoms with Crippen molar-refractivity contribution >= 4 is 0 Å². The van der Waals surface area contributed by atoms with Crippen molar-refractivity contribution in [1.82, 2.24) is 0 Å². The molecule has 2 nitrogen and oxygen atoms in total. The third-order valence-corrected chi connectivity index (χ3v) is 15.5. The average Bonchev–Trinajstić information content (AvgIpc) is 3.14. The maximum absolute atomic E-state index is 7.38. The highest BCUT2D eigenvalue weighted by molar-refractivity contribution is 5.25. The number of ether oxygens (including phenoxy) is 2. The molecule has 1 aliphatic heterocycles. The van der Waals surface area contributed by atoms with E-state index < -0.39 is 0 Å². The molecule has 14 atom stereocenters. The monoisotopic (exact) mass is 545 g/mol. The van der Waals surface area contributed by atoms with Crippen molar-refractivity contribution in [3.8, 4) is 0 Å². The van der Waals surface area contributed by atoms with Crippen LogP contribution in [0.3, 0.4) is 0 Å². The minimum atomic E-state index is -0.00208. The zero-order valence-electron chi connectivity index (χ0n) is 27.5. The van der Waals surface area contributed by atoms with E-state index in [9.17, 15) is 0 Å². The summed E-state index contributed by atoms with van der Waals surface area (Å²) in [5.41, 5.74) is 1.48. The number of rotatable bonds is 6. The molecule has 4 saturated carbocycles. The molecule has 11 unspecified atom stereocenters. The zero-order chi connectivity index (χ0) is 28.1. The smallest absolute Gasteiger partial charge is 0.0715 e. The van der Waals surface area contributed by atoms with Crippen LogP contribution < -0.4 is 0 Å². The van der Waals surface area contributed by atoms with Gasteiger partial charge in [0.25, 0.3) is 0 Å². The van der Waals surface area contributed by atoms with Gasteiger partial charge in [0.05, 0.1) is 23.9 Å². The maximum atomic E-state index is 7.38. The summed E-state index contributed by atoms with van der Waals surface area (Å²) in [7, 11) is 0. The minimum Gasteiger partial charge on any atom is -0.375 e. The first-order valence-corrected chi connectivity index (χ1v) is 16.9. The highest BCUT2D eigenvalue weighted by atomic mass is 16.5. The molecule has 4 aliphatic carbocycles. The molecule has 5 rings (SSSR count). The second-order valence-electron chi connectivity index (χ2n) is 17.1. The summed E-state index contributed by atoms with van der Waals surface area (Å²) >= 11 is 0. The van der Waals surface area contributed by atoms with E-state index in [4.69, 9.17) is 9.47 Å². The van der Waals surface area contributed by atoms with Crippen LogP contribution in [0.15, 0.2) is 0 Å². The molecule has 0 N–H and O–H groups in total. The quantitative estimate of drug-likeness (QED) is 0.331. The lowest BCUT2D eigenvalue weighted by Crippen LogP contribution is -2.61. The predicted molar refractivity (Wildman–Crippen MR) is 167 cm³/mol. The van der Waals surface area contributed by atoms with Gasteiger partial charge in [-0.25, -0.2) is 0 Å². The fraction of sp³-hybridized carbons (Fsp3) is 1.00.